The van der Waals surface area contributed by atoms with Crippen molar-refractivity contribution in [1.29, 1.82) is 0 Å². The molecule has 0 aliphatic rings. The molecule has 0 bridgehead atoms. The van der Waals surface area contributed by atoms with Crippen molar-refractivity contribution >= 4 is 17.9 Å². The SMILES string of the molecule is CCCNC(=O)C(C)NC(=O)NCC(C)(O)C(=O)O. The molecule has 0 heterocycles. The Balaban J connectivity index is 4.11. The molecule has 0 aromatic carbocycles. The summed E-state index contributed by atoms with van der Waals surface area (Å²) in [4.78, 5) is 33.4. The molecular weight excluding hydrogens is 254 g/mol. The molecule has 0 aromatic rings. The standard InChI is InChI=1S/C11H21N3O5/c1-4-5-12-8(15)7(2)14-10(18)13-6-11(3,19)9(16)17/h7,19H,4-6H2,1-3H3,(H,12,15)(H,16,17)(H2,13,14,18). The van der Waals surface area contributed by atoms with E-state index in [1.165, 1.54) is 6.92 Å². The lowest BCUT2D eigenvalue weighted by Gasteiger charge is -2.20. The molecule has 8 heteroatoms. The average Bonchev–Trinajstić information content (AvgIpc) is 2.33. The molecule has 2 atom stereocenters. The van der Waals surface area contributed by atoms with E-state index < -0.39 is 30.2 Å². The van der Waals surface area contributed by atoms with Gasteiger partial charge in [0.25, 0.3) is 0 Å². The normalized spacial score (nSPS) is 14.9. The lowest BCUT2D eigenvalue weighted by Crippen LogP contribution is -2.53. The van der Waals surface area contributed by atoms with Gasteiger partial charge in [-0.3, -0.25) is 4.79 Å². The molecule has 0 fully saturated rings. The predicted octanol–water partition coefficient (Wildman–Crippen LogP) is -0.964. The van der Waals surface area contributed by atoms with E-state index in [9.17, 15) is 19.5 Å². The summed E-state index contributed by atoms with van der Waals surface area (Å²) in [7, 11) is 0. The monoisotopic (exact) mass is 275 g/mol. The Morgan fingerprint density at radius 3 is 2.32 bits per heavy atom. The molecule has 19 heavy (non-hydrogen) atoms. The number of carbonyl (C=O) groups is 3. The minimum Gasteiger partial charge on any atom is -0.479 e. The summed E-state index contributed by atoms with van der Waals surface area (Å²) in [6.45, 7) is 4.52. The van der Waals surface area contributed by atoms with Crippen LogP contribution in [0.15, 0.2) is 0 Å². The lowest BCUT2D eigenvalue weighted by molar-refractivity contribution is -0.155. The van der Waals surface area contributed by atoms with Gasteiger partial charge in [-0.05, 0) is 20.3 Å². The Morgan fingerprint density at radius 2 is 1.84 bits per heavy atom. The Morgan fingerprint density at radius 1 is 1.26 bits per heavy atom. The minimum atomic E-state index is -2.05. The zero-order valence-corrected chi connectivity index (χ0v) is 11.3. The summed E-state index contributed by atoms with van der Waals surface area (Å²) in [5, 5.41) is 25.1. The first-order chi connectivity index (χ1) is 8.70. The number of hydrogen-bond acceptors (Lipinski definition) is 4. The first kappa shape index (κ1) is 17.2. The maximum atomic E-state index is 11.4. The highest BCUT2D eigenvalue weighted by Gasteiger charge is 2.30. The van der Waals surface area contributed by atoms with Crippen LogP contribution in [0.5, 0.6) is 0 Å². The first-order valence-electron chi connectivity index (χ1n) is 5.98. The predicted molar refractivity (Wildman–Crippen MR) is 67.6 cm³/mol. The highest BCUT2D eigenvalue weighted by Crippen LogP contribution is 2.00. The number of aliphatic carboxylic acids is 1. The average molecular weight is 275 g/mol. The number of carboxylic acids is 1. The van der Waals surface area contributed by atoms with Crippen LogP contribution in [-0.4, -0.2) is 52.9 Å². The lowest BCUT2D eigenvalue weighted by atomic mass is 10.1. The van der Waals surface area contributed by atoms with E-state index in [1.807, 2.05) is 6.92 Å². The highest BCUT2D eigenvalue weighted by molar-refractivity contribution is 5.87. The fourth-order valence-corrected chi connectivity index (χ4v) is 1.04. The summed E-state index contributed by atoms with van der Waals surface area (Å²) in [6, 6.07) is -1.47. The molecule has 0 rings (SSSR count). The molecule has 0 aromatic heterocycles. The van der Waals surface area contributed by atoms with Crippen LogP contribution >= 0.6 is 0 Å². The highest BCUT2D eigenvalue weighted by atomic mass is 16.4. The van der Waals surface area contributed by atoms with Crippen LogP contribution in [0.2, 0.25) is 0 Å². The summed E-state index contributed by atoms with van der Waals surface area (Å²) in [5.74, 6) is -1.77. The van der Waals surface area contributed by atoms with Crippen LogP contribution in [0.3, 0.4) is 0 Å². The molecule has 5 N–H and O–H groups in total. The number of carbonyl (C=O) groups excluding carboxylic acids is 2. The Labute approximate surface area is 111 Å². The number of hydrogen-bond donors (Lipinski definition) is 5. The van der Waals surface area contributed by atoms with Crippen LogP contribution in [0.4, 0.5) is 4.79 Å². The van der Waals surface area contributed by atoms with Gasteiger partial charge >= 0.3 is 12.0 Å². The third-order valence-corrected chi connectivity index (χ3v) is 2.34. The van der Waals surface area contributed by atoms with E-state index >= 15 is 0 Å². The van der Waals surface area contributed by atoms with Crippen molar-refractivity contribution in [2.24, 2.45) is 0 Å². The molecule has 0 spiro atoms. The van der Waals surface area contributed by atoms with E-state index in [-0.39, 0.29) is 5.91 Å². The molecule has 2 unspecified atom stereocenters. The van der Waals surface area contributed by atoms with E-state index in [1.54, 1.807) is 0 Å². The van der Waals surface area contributed by atoms with Crippen molar-refractivity contribution in [2.75, 3.05) is 13.1 Å². The van der Waals surface area contributed by atoms with Gasteiger partial charge in [-0.15, -0.1) is 0 Å². The molecule has 110 valence electrons. The molecule has 3 amide bonds. The molecule has 0 radical (unpaired) electrons. The second kappa shape index (κ2) is 7.57. The van der Waals surface area contributed by atoms with Crippen molar-refractivity contribution in [1.82, 2.24) is 16.0 Å². The van der Waals surface area contributed by atoms with Gasteiger partial charge in [0.1, 0.15) is 6.04 Å². The quantitative estimate of drug-likeness (QED) is 0.408. The van der Waals surface area contributed by atoms with Crippen LogP contribution in [-0.2, 0) is 9.59 Å². The van der Waals surface area contributed by atoms with Crippen molar-refractivity contribution in [2.45, 2.75) is 38.8 Å². The van der Waals surface area contributed by atoms with E-state index in [2.05, 4.69) is 16.0 Å². The zero-order valence-electron chi connectivity index (χ0n) is 11.3. The largest absolute Gasteiger partial charge is 0.479 e. The Kier molecular flexibility index (Phi) is 6.84. The maximum absolute atomic E-state index is 11.4. The van der Waals surface area contributed by atoms with Crippen molar-refractivity contribution in [3.8, 4) is 0 Å². The smallest absolute Gasteiger partial charge is 0.337 e. The minimum absolute atomic E-state index is 0.331. The number of nitrogens with one attached hydrogen (secondary N) is 3. The second-order valence-electron chi connectivity index (χ2n) is 4.42. The molecule has 0 aliphatic carbocycles. The Hall–Kier alpha value is -1.83. The van der Waals surface area contributed by atoms with Gasteiger partial charge in [-0.25, -0.2) is 9.59 Å². The molecule has 0 saturated carbocycles. The molecule has 0 aliphatic heterocycles. The van der Waals surface area contributed by atoms with E-state index in [0.717, 1.165) is 13.3 Å². The Bertz CT molecular complexity index is 343. The zero-order chi connectivity index (χ0) is 15.1. The number of urea groups is 1. The van der Waals surface area contributed by atoms with Gasteiger partial charge in [0.05, 0.1) is 6.54 Å². The summed E-state index contributed by atoms with van der Waals surface area (Å²) in [5.41, 5.74) is -2.05. The number of amides is 3. The van der Waals surface area contributed by atoms with Gasteiger partial charge in [0.2, 0.25) is 5.91 Å². The molecule has 8 nitrogen and oxygen atoms in total. The van der Waals surface area contributed by atoms with Crippen LogP contribution in [0.1, 0.15) is 27.2 Å². The van der Waals surface area contributed by atoms with Gasteiger partial charge < -0.3 is 26.2 Å². The summed E-state index contributed by atoms with van der Waals surface area (Å²) < 4.78 is 0. The van der Waals surface area contributed by atoms with Crippen molar-refractivity contribution in [3.05, 3.63) is 0 Å². The number of rotatable bonds is 7. The van der Waals surface area contributed by atoms with Crippen LogP contribution < -0.4 is 16.0 Å². The summed E-state index contributed by atoms with van der Waals surface area (Å²) >= 11 is 0. The van der Waals surface area contributed by atoms with E-state index in [0.29, 0.717) is 6.54 Å². The van der Waals surface area contributed by atoms with Gasteiger partial charge in [-0.1, -0.05) is 6.92 Å². The van der Waals surface area contributed by atoms with E-state index in [4.69, 9.17) is 5.11 Å². The molecule has 0 saturated heterocycles. The fraction of sp³-hybridized carbons (Fsp3) is 0.727. The van der Waals surface area contributed by atoms with Crippen molar-refractivity contribution < 1.29 is 24.6 Å². The third-order valence-electron chi connectivity index (χ3n) is 2.34. The van der Waals surface area contributed by atoms with Crippen LogP contribution in [0, 0.1) is 0 Å². The van der Waals surface area contributed by atoms with Crippen molar-refractivity contribution in [3.63, 3.8) is 0 Å². The maximum Gasteiger partial charge on any atom is 0.337 e. The topological polar surface area (TPSA) is 128 Å². The number of carboxylic acid groups (broad SMARTS) is 1. The third kappa shape index (κ3) is 6.61. The molecular formula is C11H21N3O5. The second-order valence-corrected chi connectivity index (χ2v) is 4.42. The summed E-state index contributed by atoms with van der Waals surface area (Å²) in [6.07, 6.45) is 0.784. The van der Waals surface area contributed by atoms with Gasteiger partial charge in [-0.2, -0.15) is 0 Å². The number of aliphatic hydroxyl groups is 1. The van der Waals surface area contributed by atoms with Gasteiger partial charge in [0.15, 0.2) is 5.60 Å². The fourth-order valence-electron chi connectivity index (χ4n) is 1.04. The van der Waals surface area contributed by atoms with Gasteiger partial charge in [0, 0.05) is 6.54 Å². The first-order valence-corrected chi connectivity index (χ1v) is 5.98. The van der Waals surface area contributed by atoms with Crippen LogP contribution in [0.25, 0.3) is 0 Å².